The Balaban J connectivity index is 5.22. The van der Waals surface area contributed by atoms with Crippen molar-refractivity contribution in [2.75, 3.05) is 39.6 Å². The summed E-state index contributed by atoms with van der Waals surface area (Å²) >= 11 is 0. The highest BCUT2D eigenvalue weighted by Crippen LogP contribution is 2.45. The molecule has 0 aromatic carbocycles. The van der Waals surface area contributed by atoms with Gasteiger partial charge < -0.3 is 33.8 Å². The van der Waals surface area contributed by atoms with E-state index in [2.05, 4.69) is 41.5 Å². The van der Waals surface area contributed by atoms with Crippen LogP contribution in [0.5, 0.6) is 0 Å². The first-order valence-corrected chi connectivity index (χ1v) is 41.5. The van der Waals surface area contributed by atoms with Crippen LogP contribution in [0, 0.1) is 11.8 Å². The number of hydrogen-bond donors (Lipinski definition) is 3. The minimum Gasteiger partial charge on any atom is -0.462 e. The summed E-state index contributed by atoms with van der Waals surface area (Å²) in [7, 11) is -9.90. The van der Waals surface area contributed by atoms with E-state index in [1.54, 1.807) is 0 Å². The van der Waals surface area contributed by atoms with Crippen molar-refractivity contribution >= 4 is 39.5 Å². The molecule has 2 unspecified atom stereocenters. The van der Waals surface area contributed by atoms with Crippen molar-refractivity contribution in [3.05, 3.63) is 0 Å². The van der Waals surface area contributed by atoms with E-state index in [0.29, 0.717) is 25.7 Å². The summed E-state index contributed by atoms with van der Waals surface area (Å²) in [6.45, 7) is 9.56. The molecule has 93 heavy (non-hydrogen) atoms. The molecule has 0 rings (SSSR count). The van der Waals surface area contributed by atoms with Gasteiger partial charge in [-0.15, -0.1) is 0 Å². The third-order valence-corrected chi connectivity index (χ3v) is 19.1. The Labute approximate surface area is 568 Å². The maximum atomic E-state index is 13.1. The van der Waals surface area contributed by atoms with Crippen molar-refractivity contribution in [1.82, 2.24) is 0 Å². The molecule has 0 saturated heterocycles. The second-order valence-corrected chi connectivity index (χ2v) is 30.5. The van der Waals surface area contributed by atoms with Crippen molar-refractivity contribution in [1.29, 1.82) is 0 Å². The highest BCUT2D eigenvalue weighted by molar-refractivity contribution is 7.47. The van der Waals surface area contributed by atoms with E-state index in [-0.39, 0.29) is 25.7 Å². The second-order valence-electron chi connectivity index (χ2n) is 27.6. The van der Waals surface area contributed by atoms with E-state index < -0.39 is 97.5 Å². The summed E-state index contributed by atoms with van der Waals surface area (Å²) in [4.78, 5) is 72.6. The van der Waals surface area contributed by atoms with Crippen molar-refractivity contribution < 1.29 is 80.2 Å². The number of phosphoric ester groups is 2. The average Bonchev–Trinajstić information content (AvgIpc) is 1.48. The van der Waals surface area contributed by atoms with Gasteiger partial charge in [0.2, 0.25) is 0 Å². The summed E-state index contributed by atoms with van der Waals surface area (Å²) in [6, 6.07) is 0. The van der Waals surface area contributed by atoms with Gasteiger partial charge in [0.05, 0.1) is 26.4 Å². The number of esters is 4. The molecule has 19 heteroatoms. The quantitative estimate of drug-likeness (QED) is 0.0222. The van der Waals surface area contributed by atoms with Crippen LogP contribution in [0.3, 0.4) is 0 Å². The lowest BCUT2D eigenvalue weighted by Crippen LogP contribution is -2.30. The van der Waals surface area contributed by atoms with Gasteiger partial charge in [0.1, 0.15) is 19.3 Å². The molecule has 0 amide bonds. The van der Waals surface area contributed by atoms with Gasteiger partial charge in [0.15, 0.2) is 12.2 Å². The highest BCUT2D eigenvalue weighted by Gasteiger charge is 2.30. The zero-order valence-electron chi connectivity index (χ0n) is 60.6. The summed E-state index contributed by atoms with van der Waals surface area (Å²) in [6.07, 6.45) is 52.8. The molecule has 0 bridgehead atoms. The van der Waals surface area contributed by atoms with Crippen LogP contribution in [0.2, 0.25) is 0 Å². The number of phosphoric acid groups is 2. The van der Waals surface area contributed by atoms with Crippen LogP contribution >= 0.6 is 15.6 Å². The summed E-state index contributed by atoms with van der Waals surface area (Å²) in [5.41, 5.74) is 0. The van der Waals surface area contributed by atoms with Crippen LogP contribution in [0.15, 0.2) is 0 Å². The van der Waals surface area contributed by atoms with Gasteiger partial charge in [-0.2, -0.15) is 0 Å². The molecule has 0 heterocycles. The SMILES string of the molecule is CCCCCCCCCCCCCCCCCCC(=O)OC[C@H](COP(=O)(O)OC[C@@H](O)COP(=O)(O)OC[C@@H](COC(=O)CCCCCCCCCC)OC(=O)CCCCCCCCCCCC(C)C)OC(=O)CCCCCCCCCCCCCCCCC(C)C. The van der Waals surface area contributed by atoms with Crippen LogP contribution in [0.25, 0.3) is 0 Å². The lowest BCUT2D eigenvalue weighted by Gasteiger charge is -2.21. The number of carbonyl (C=O) groups excluding carboxylic acids is 4. The van der Waals surface area contributed by atoms with Gasteiger partial charge >= 0.3 is 39.5 Å². The van der Waals surface area contributed by atoms with Crippen LogP contribution in [0.4, 0.5) is 0 Å². The number of hydrogen-bond acceptors (Lipinski definition) is 15. The smallest absolute Gasteiger partial charge is 0.462 e. The first-order valence-electron chi connectivity index (χ1n) is 38.5. The van der Waals surface area contributed by atoms with Crippen molar-refractivity contribution in [3.63, 3.8) is 0 Å². The van der Waals surface area contributed by atoms with Crippen molar-refractivity contribution in [3.8, 4) is 0 Å². The molecule has 0 aliphatic rings. The van der Waals surface area contributed by atoms with E-state index in [4.69, 9.17) is 37.0 Å². The normalized spacial score (nSPS) is 14.1. The Hall–Kier alpha value is -1.94. The number of aliphatic hydroxyl groups excluding tert-OH is 1. The number of unbranched alkanes of at least 4 members (excludes halogenated alkanes) is 43. The highest BCUT2D eigenvalue weighted by atomic mass is 31.2. The maximum absolute atomic E-state index is 13.1. The standard InChI is InChI=1S/C74H144O17P2/c1-7-9-11-13-15-17-18-19-20-21-25-28-33-39-45-51-57-72(77)85-63-70(90-73(78)58-52-46-40-34-29-26-23-22-24-27-31-36-42-48-54-66(3)4)65-89-93(82,83)87-61-68(75)60-86-92(80,81)88-64-69(62-84-71(76)56-50-44-38-16-14-12-10-8-2)91-74(79)59-53-47-41-35-30-32-37-43-49-55-67(5)6/h66-70,75H,7-65H2,1-6H3,(H,80,81)(H,82,83)/t68-,69+,70+/m0/s1. The Bertz CT molecular complexity index is 1800. The Kier molecular flexibility index (Phi) is 64.6. The van der Waals surface area contributed by atoms with Crippen molar-refractivity contribution in [2.45, 2.75) is 400 Å². The van der Waals surface area contributed by atoms with Gasteiger partial charge in [-0.25, -0.2) is 9.13 Å². The minimum absolute atomic E-state index is 0.105. The summed E-state index contributed by atoms with van der Waals surface area (Å²) < 4.78 is 68.4. The molecule has 0 spiro atoms. The molecular formula is C74H144O17P2. The fraction of sp³-hybridized carbons (Fsp3) is 0.946. The van der Waals surface area contributed by atoms with Gasteiger partial charge in [0, 0.05) is 25.7 Å². The van der Waals surface area contributed by atoms with Crippen LogP contribution in [0.1, 0.15) is 382 Å². The first-order chi connectivity index (χ1) is 44.9. The molecule has 5 atom stereocenters. The number of carbonyl (C=O) groups is 4. The fourth-order valence-electron chi connectivity index (χ4n) is 11.3. The van der Waals surface area contributed by atoms with Crippen LogP contribution in [-0.2, 0) is 65.4 Å². The first kappa shape index (κ1) is 91.1. The molecule has 552 valence electrons. The zero-order valence-corrected chi connectivity index (χ0v) is 62.3. The molecule has 0 aliphatic heterocycles. The topological polar surface area (TPSA) is 237 Å². The lowest BCUT2D eigenvalue weighted by atomic mass is 10.0. The lowest BCUT2D eigenvalue weighted by molar-refractivity contribution is -0.161. The zero-order chi connectivity index (χ0) is 68.6. The molecule has 0 fully saturated rings. The van der Waals surface area contributed by atoms with Gasteiger partial charge in [-0.3, -0.25) is 37.3 Å². The molecule has 0 aromatic heterocycles. The van der Waals surface area contributed by atoms with Crippen LogP contribution < -0.4 is 0 Å². The average molecular weight is 1370 g/mol. The largest absolute Gasteiger partial charge is 0.472 e. The van der Waals surface area contributed by atoms with E-state index in [1.165, 1.54) is 193 Å². The van der Waals surface area contributed by atoms with E-state index in [9.17, 15) is 43.2 Å². The third-order valence-electron chi connectivity index (χ3n) is 17.2. The number of ether oxygens (including phenoxy) is 4. The molecule has 0 saturated carbocycles. The molecule has 0 aromatic rings. The maximum Gasteiger partial charge on any atom is 0.472 e. The third kappa shape index (κ3) is 68.4. The number of aliphatic hydroxyl groups is 1. The van der Waals surface area contributed by atoms with E-state index in [0.717, 1.165) is 108 Å². The fourth-order valence-corrected chi connectivity index (χ4v) is 12.9. The predicted octanol–water partition coefficient (Wildman–Crippen LogP) is 21.6. The number of rotatable bonds is 73. The van der Waals surface area contributed by atoms with Gasteiger partial charge in [-0.05, 0) is 37.5 Å². The van der Waals surface area contributed by atoms with E-state index in [1.807, 2.05) is 0 Å². The van der Waals surface area contributed by atoms with Gasteiger partial charge in [0.25, 0.3) is 0 Å². The molecule has 0 radical (unpaired) electrons. The monoisotopic (exact) mass is 1370 g/mol. The predicted molar refractivity (Wildman–Crippen MR) is 377 cm³/mol. The molecule has 17 nitrogen and oxygen atoms in total. The molecular weight excluding hydrogens is 1220 g/mol. The van der Waals surface area contributed by atoms with Gasteiger partial charge in [-0.1, -0.05) is 330 Å². The second kappa shape index (κ2) is 66.0. The van der Waals surface area contributed by atoms with E-state index >= 15 is 0 Å². The van der Waals surface area contributed by atoms with Crippen LogP contribution in [-0.4, -0.2) is 96.7 Å². The molecule has 0 aliphatic carbocycles. The Morgan fingerprint density at radius 2 is 0.495 bits per heavy atom. The van der Waals surface area contributed by atoms with Crippen molar-refractivity contribution in [2.24, 2.45) is 11.8 Å². The Morgan fingerprint density at radius 3 is 0.731 bits per heavy atom. The molecule has 3 N–H and O–H groups in total. The minimum atomic E-state index is -4.96. The Morgan fingerprint density at radius 1 is 0.290 bits per heavy atom. The summed E-state index contributed by atoms with van der Waals surface area (Å²) in [5.74, 6) is -0.589. The summed E-state index contributed by atoms with van der Waals surface area (Å²) in [5, 5.41) is 10.6.